The molecule has 0 spiro atoms. The number of benzene rings is 4. The van der Waals surface area contributed by atoms with E-state index in [9.17, 15) is 9.59 Å². The molecule has 0 aliphatic heterocycles. The van der Waals surface area contributed by atoms with E-state index in [1.807, 2.05) is 97.1 Å². The van der Waals surface area contributed by atoms with Gasteiger partial charge in [0.05, 0.1) is 33.9 Å². The summed E-state index contributed by atoms with van der Waals surface area (Å²) in [6, 6.07) is 36.6. The van der Waals surface area contributed by atoms with E-state index in [-0.39, 0.29) is 0 Å². The highest BCUT2D eigenvalue weighted by molar-refractivity contribution is 6.23. The summed E-state index contributed by atoms with van der Waals surface area (Å²) in [5.41, 5.74) is 3.93. The Morgan fingerprint density at radius 1 is 0.532 bits per heavy atom. The molecule has 0 aliphatic rings. The second-order valence-electron chi connectivity index (χ2n) is 11.4. The Labute approximate surface area is 269 Å². The van der Waals surface area contributed by atoms with Crippen LogP contribution >= 0.6 is 0 Å². The van der Waals surface area contributed by atoms with Gasteiger partial charge < -0.3 is 13.7 Å². The van der Waals surface area contributed by atoms with Gasteiger partial charge in [-0.1, -0.05) is 60.7 Å². The lowest BCUT2D eigenvalue weighted by atomic mass is 9.97. The molecule has 7 nitrogen and oxygen atoms in total. The largest absolute Gasteiger partial charge is 0.422 e. The Hall–Kier alpha value is -6.08. The van der Waals surface area contributed by atoms with Crippen molar-refractivity contribution in [2.75, 3.05) is 18.0 Å². The lowest BCUT2D eigenvalue weighted by molar-refractivity contribution is 0.563. The van der Waals surface area contributed by atoms with E-state index in [0.29, 0.717) is 45.1 Å². The van der Waals surface area contributed by atoms with Crippen molar-refractivity contribution in [3.63, 3.8) is 0 Å². The zero-order valence-electron chi connectivity index (χ0n) is 25.9. The number of anilines is 1. The quantitative estimate of drug-likeness (QED) is 0.136. The maximum atomic E-state index is 13.5. The first-order chi connectivity index (χ1) is 23.0. The summed E-state index contributed by atoms with van der Waals surface area (Å²) in [5, 5.41) is 5.65. The van der Waals surface area contributed by atoms with Gasteiger partial charge in [0.1, 0.15) is 11.2 Å². The van der Waals surface area contributed by atoms with Crippen LogP contribution in [0, 0.1) is 0 Å². The lowest BCUT2D eigenvalue weighted by Crippen LogP contribution is -2.21. The maximum absolute atomic E-state index is 13.5. The van der Waals surface area contributed by atoms with Crippen LogP contribution in [0.4, 0.5) is 5.69 Å². The third-order valence-electron chi connectivity index (χ3n) is 8.79. The summed E-state index contributed by atoms with van der Waals surface area (Å²) < 4.78 is 11.8. The molecule has 4 aromatic heterocycles. The summed E-state index contributed by atoms with van der Waals surface area (Å²) in [6.45, 7) is 5.90. The predicted octanol–water partition coefficient (Wildman–Crippen LogP) is 8.84. The molecule has 0 atom stereocenters. The number of aromatic nitrogens is 2. The highest BCUT2D eigenvalue weighted by Gasteiger charge is 2.17. The van der Waals surface area contributed by atoms with Gasteiger partial charge in [-0.05, 0) is 78.5 Å². The summed E-state index contributed by atoms with van der Waals surface area (Å²) in [5.74, 6) is 0. The molecule has 0 amide bonds. The van der Waals surface area contributed by atoms with E-state index < -0.39 is 11.3 Å². The highest BCUT2D eigenvalue weighted by Crippen LogP contribution is 2.36. The van der Waals surface area contributed by atoms with Crippen molar-refractivity contribution in [1.29, 1.82) is 0 Å². The Morgan fingerprint density at radius 2 is 1.06 bits per heavy atom. The van der Waals surface area contributed by atoms with E-state index in [1.54, 1.807) is 12.1 Å². The Bertz CT molecular complexity index is 2620. The molecule has 0 fully saturated rings. The third kappa shape index (κ3) is 4.84. The number of rotatable bonds is 6. The van der Waals surface area contributed by atoms with Gasteiger partial charge in [0.15, 0.2) is 0 Å². The van der Waals surface area contributed by atoms with Crippen LogP contribution in [0.2, 0.25) is 0 Å². The number of hydrogen-bond donors (Lipinski definition) is 0. The first-order valence-corrected chi connectivity index (χ1v) is 15.7. The average Bonchev–Trinajstić information content (AvgIpc) is 3.12. The Balaban J connectivity index is 1.21. The summed E-state index contributed by atoms with van der Waals surface area (Å²) in [6.07, 6.45) is 0. The number of pyridine rings is 2. The van der Waals surface area contributed by atoms with E-state index in [0.717, 1.165) is 51.1 Å². The molecule has 228 valence electrons. The molecule has 0 bridgehead atoms. The van der Waals surface area contributed by atoms with Crippen LogP contribution in [0.25, 0.3) is 77.4 Å². The standard InChI is InChI=1S/C40H29N3O4/c1-3-43(4-2)25-20-19-24-21-31(39(44)46-37(24)22-25)33-15-9-17-35(41-33)36-18-10-16-34(42-36)32-23-30-28-13-6-5-11-26(28)27-12-7-8-14-29(27)38(30)47-40(32)45/h5-23H,3-4H2,1-2H3. The Kier molecular flexibility index (Phi) is 6.87. The number of nitrogens with zero attached hydrogens (tertiary/aromatic N) is 3. The van der Waals surface area contributed by atoms with Crippen molar-refractivity contribution in [3.05, 3.63) is 136 Å². The topological polar surface area (TPSA) is 89.4 Å². The van der Waals surface area contributed by atoms with Crippen molar-refractivity contribution in [1.82, 2.24) is 9.97 Å². The third-order valence-corrected chi connectivity index (χ3v) is 8.79. The molecule has 0 unspecified atom stereocenters. The van der Waals surface area contributed by atoms with Crippen molar-refractivity contribution in [3.8, 4) is 33.9 Å². The van der Waals surface area contributed by atoms with Crippen molar-refractivity contribution >= 4 is 49.2 Å². The molecule has 0 saturated heterocycles. The fourth-order valence-electron chi connectivity index (χ4n) is 6.44. The summed E-state index contributed by atoms with van der Waals surface area (Å²) in [7, 11) is 0. The molecule has 0 radical (unpaired) electrons. The van der Waals surface area contributed by atoms with Gasteiger partial charge in [-0.15, -0.1) is 0 Å². The maximum Gasteiger partial charge on any atom is 0.345 e. The molecule has 8 rings (SSSR count). The van der Waals surface area contributed by atoms with E-state index in [2.05, 4.69) is 24.8 Å². The predicted molar refractivity (Wildman–Crippen MR) is 189 cm³/mol. The molecule has 0 saturated carbocycles. The van der Waals surface area contributed by atoms with Gasteiger partial charge in [-0.25, -0.2) is 19.6 Å². The van der Waals surface area contributed by atoms with Gasteiger partial charge >= 0.3 is 11.3 Å². The second-order valence-corrected chi connectivity index (χ2v) is 11.4. The van der Waals surface area contributed by atoms with Crippen molar-refractivity contribution in [2.24, 2.45) is 0 Å². The van der Waals surface area contributed by atoms with Crippen LogP contribution in [0.15, 0.2) is 134 Å². The van der Waals surface area contributed by atoms with Gasteiger partial charge in [0.2, 0.25) is 0 Å². The molecular weight excluding hydrogens is 586 g/mol. The molecule has 0 N–H and O–H groups in total. The van der Waals surface area contributed by atoms with Gasteiger partial charge in [0.25, 0.3) is 0 Å². The van der Waals surface area contributed by atoms with E-state index in [4.69, 9.17) is 18.8 Å². The van der Waals surface area contributed by atoms with Crippen LogP contribution in [0.1, 0.15) is 13.8 Å². The van der Waals surface area contributed by atoms with Gasteiger partial charge in [-0.2, -0.15) is 0 Å². The summed E-state index contributed by atoms with van der Waals surface area (Å²) >= 11 is 0. The van der Waals surface area contributed by atoms with Gasteiger partial charge in [0, 0.05) is 41.0 Å². The van der Waals surface area contributed by atoms with Crippen LogP contribution < -0.4 is 16.2 Å². The average molecular weight is 616 g/mol. The van der Waals surface area contributed by atoms with Gasteiger partial charge in [-0.3, -0.25) is 0 Å². The van der Waals surface area contributed by atoms with E-state index >= 15 is 0 Å². The molecule has 7 heteroatoms. The molecular formula is C40H29N3O4. The normalized spacial score (nSPS) is 11.5. The molecule has 4 aromatic carbocycles. The molecule has 0 aliphatic carbocycles. The summed E-state index contributed by atoms with van der Waals surface area (Å²) in [4.78, 5) is 38.5. The zero-order chi connectivity index (χ0) is 32.1. The fraction of sp³-hybridized carbons (Fsp3) is 0.100. The first-order valence-electron chi connectivity index (χ1n) is 15.7. The molecule has 8 aromatic rings. The van der Waals surface area contributed by atoms with Crippen LogP contribution in [0.5, 0.6) is 0 Å². The van der Waals surface area contributed by atoms with E-state index in [1.165, 1.54) is 0 Å². The number of fused-ring (bicyclic) bond motifs is 7. The minimum Gasteiger partial charge on any atom is -0.422 e. The van der Waals surface area contributed by atoms with Crippen LogP contribution in [-0.4, -0.2) is 23.1 Å². The monoisotopic (exact) mass is 615 g/mol. The fourth-order valence-corrected chi connectivity index (χ4v) is 6.44. The molecule has 4 heterocycles. The molecule has 47 heavy (non-hydrogen) atoms. The minimum absolute atomic E-state index is 0.357. The second kappa shape index (κ2) is 11.4. The zero-order valence-corrected chi connectivity index (χ0v) is 25.9. The highest BCUT2D eigenvalue weighted by atomic mass is 16.4. The smallest absolute Gasteiger partial charge is 0.345 e. The number of hydrogen-bond acceptors (Lipinski definition) is 7. The SMILES string of the molecule is CCN(CC)c1ccc2cc(-c3cccc(-c4cccc(-c5cc6c7ccccc7c7ccccc7c6oc5=O)n4)n3)c(=O)oc2c1. The minimum atomic E-state index is -0.470. The Morgan fingerprint density at radius 3 is 1.70 bits per heavy atom. The van der Waals surface area contributed by atoms with Crippen molar-refractivity contribution < 1.29 is 8.83 Å². The van der Waals surface area contributed by atoms with Crippen LogP contribution in [-0.2, 0) is 0 Å². The lowest BCUT2D eigenvalue weighted by Gasteiger charge is -2.21. The first kappa shape index (κ1) is 28.4. The van der Waals surface area contributed by atoms with Crippen molar-refractivity contribution in [2.45, 2.75) is 13.8 Å². The van der Waals surface area contributed by atoms with Crippen LogP contribution in [0.3, 0.4) is 0 Å².